The van der Waals surface area contributed by atoms with Crippen LogP contribution in [0.5, 0.6) is 5.75 Å². The van der Waals surface area contributed by atoms with E-state index < -0.39 is 18.5 Å². The molecule has 182 valence electrons. The van der Waals surface area contributed by atoms with E-state index in [1.165, 1.54) is 24.0 Å². The third-order valence-electron chi connectivity index (χ3n) is 5.07. The maximum atomic E-state index is 14.6. The number of nitrogens with zero attached hydrogens (tertiary/aromatic N) is 3. The molecule has 1 aliphatic heterocycles. The number of carbonyl (C=O) groups is 2. The summed E-state index contributed by atoms with van der Waals surface area (Å²) >= 11 is 1.72. The summed E-state index contributed by atoms with van der Waals surface area (Å²) in [6.45, 7) is 0.448. The largest absolute Gasteiger partial charge is 0.435 e. The predicted octanol–water partition coefficient (Wildman–Crippen LogP) is 3.41. The van der Waals surface area contributed by atoms with Crippen molar-refractivity contribution in [2.75, 3.05) is 18.6 Å². The number of aldehydes is 1. The van der Waals surface area contributed by atoms with Gasteiger partial charge in [0, 0.05) is 23.3 Å². The molecule has 12 heteroatoms. The number of alkyl halides is 2. The molecule has 3 N–H and O–H groups in total. The molecule has 8 nitrogen and oxygen atoms in total. The van der Waals surface area contributed by atoms with Crippen LogP contribution in [-0.4, -0.2) is 57.7 Å². The third-order valence-corrected chi connectivity index (χ3v) is 6.75. The minimum absolute atomic E-state index is 0.0419. The highest BCUT2D eigenvalue weighted by Crippen LogP contribution is 2.33. The van der Waals surface area contributed by atoms with Gasteiger partial charge in [0.2, 0.25) is 0 Å². The molecule has 3 aromatic rings. The van der Waals surface area contributed by atoms with Crippen molar-refractivity contribution >= 4 is 35.0 Å². The fraction of sp³-hybridized carbons (Fsp3) is 0.364. The second kappa shape index (κ2) is 10.4. The van der Waals surface area contributed by atoms with Crippen LogP contribution in [0.15, 0.2) is 30.5 Å². The number of hydrogen-bond donors (Lipinski definition) is 2. The molecule has 34 heavy (non-hydrogen) atoms. The molecular formula is C22H24F3N5O3S. The van der Waals surface area contributed by atoms with Gasteiger partial charge in [-0.2, -0.15) is 25.6 Å². The summed E-state index contributed by atoms with van der Waals surface area (Å²) in [6, 6.07) is 3.95. The number of fused-ring (bicyclic) bond motifs is 1. The van der Waals surface area contributed by atoms with Gasteiger partial charge in [-0.25, -0.2) is 4.39 Å². The fourth-order valence-corrected chi connectivity index (χ4v) is 4.34. The lowest BCUT2D eigenvalue weighted by atomic mass is 10.1. The summed E-state index contributed by atoms with van der Waals surface area (Å²) in [5.41, 5.74) is 4.94. The molecule has 4 rings (SSSR count). The lowest BCUT2D eigenvalue weighted by Crippen LogP contribution is -2.55. The smallest absolute Gasteiger partial charge is 0.387 e. The third kappa shape index (κ3) is 5.17. The molecule has 1 fully saturated rings. The van der Waals surface area contributed by atoms with Crippen LogP contribution < -0.4 is 15.8 Å². The summed E-state index contributed by atoms with van der Waals surface area (Å²) < 4.78 is 45.5. The number of pyridine rings is 1. The van der Waals surface area contributed by atoms with Crippen molar-refractivity contribution in [2.45, 2.75) is 32.0 Å². The Morgan fingerprint density at radius 2 is 2.03 bits per heavy atom. The van der Waals surface area contributed by atoms with Crippen LogP contribution in [0.25, 0.3) is 22.3 Å². The summed E-state index contributed by atoms with van der Waals surface area (Å²) in [5, 5.41) is 7.28. The van der Waals surface area contributed by atoms with Gasteiger partial charge in [-0.3, -0.25) is 14.5 Å². The molecule has 1 amide bonds. The second-order valence-electron chi connectivity index (χ2n) is 7.79. The molecule has 0 bridgehead atoms. The minimum atomic E-state index is -3.08. The Morgan fingerprint density at radius 3 is 2.62 bits per heavy atom. The van der Waals surface area contributed by atoms with Gasteiger partial charge in [0.1, 0.15) is 35.1 Å². The zero-order valence-corrected chi connectivity index (χ0v) is 19.5. The minimum Gasteiger partial charge on any atom is -0.435 e. The van der Waals surface area contributed by atoms with Crippen LogP contribution >= 0.6 is 11.8 Å². The van der Waals surface area contributed by atoms with Crippen molar-refractivity contribution in [2.24, 2.45) is 5.73 Å². The normalized spacial score (nSPS) is 15.2. The number of aromatic nitrogens is 3. The van der Waals surface area contributed by atoms with Crippen LogP contribution in [0.3, 0.4) is 0 Å². The molecular weight excluding hydrogens is 471 g/mol. The number of amides is 1. The predicted molar refractivity (Wildman–Crippen MR) is 124 cm³/mol. The Kier molecular flexibility index (Phi) is 7.82. The lowest BCUT2D eigenvalue weighted by Gasteiger charge is -2.38. The first-order chi connectivity index (χ1) is 16.2. The summed E-state index contributed by atoms with van der Waals surface area (Å²) in [6.07, 6.45) is 1.98. The molecule has 1 aliphatic rings. The van der Waals surface area contributed by atoms with Gasteiger partial charge in [0.25, 0.3) is 5.91 Å². The summed E-state index contributed by atoms with van der Waals surface area (Å²) in [4.78, 5) is 28.5. The average molecular weight is 496 g/mol. The number of nitrogens with one attached hydrogen (secondary N) is 1. The van der Waals surface area contributed by atoms with E-state index in [1.807, 2.05) is 6.92 Å². The number of benzene rings is 1. The first-order valence-electron chi connectivity index (χ1n) is 10.3. The summed E-state index contributed by atoms with van der Waals surface area (Å²) in [5.74, 6) is 0.305. The van der Waals surface area contributed by atoms with Crippen molar-refractivity contribution in [1.82, 2.24) is 20.1 Å². The Morgan fingerprint density at radius 1 is 1.32 bits per heavy atom. The molecule has 1 saturated heterocycles. The number of carbonyl (C=O) groups excluding carboxylic acids is 2. The van der Waals surface area contributed by atoms with E-state index in [0.717, 1.165) is 29.7 Å². The van der Waals surface area contributed by atoms with Crippen LogP contribution in [0, 0.1) is 5.82 Å². The van der Waals surface area contributed by atoms with Crippen LogP contribution in [-0.2, 0) is 4.79 Å². The molecule has 2 aromatic heterocycles. The van der Waals surface area contributed by atoms with Crippen molar-refractivity contribution in [3.8, 4) is 17.0 Å². The Hall–Kier alpha value is -3.12. The molecule has 0 radical (unpaired) electrons. The SMILES string of the molecule is CC(C=O)n1nc(-c2cc(OC(F)F)ccc2F)c2ncc(C(=O)NC3(C)CSC3)cc21.CN. The standard InChI is InChI=1S/C21H19F3N4O3S.CH5N/c1-11(8-29)28-16-5-12(19(30)26-21(2)9-32-10-21)7-25-18(16)17(27-28)14-6-13(31-20(23)24)3-4-15(14)22;1-2/h3-8,11,20H,9-10H2,1-2H3,(H,26,30);2H2,1H3. The Bertz CT molecular complexity index is 1200. The average Bonchev–Trinajstić information content (AvgIpc) is 3.18. The molecule has 0 aliphatic carbocycles. The maximum Gasteiger partial charge on any atom is 0.387 e. The van der Waals surface area contributed by atoms with E-state index in [9.17, 15) is 22.8 Å². The van der Waals surface area contributed by atoms with Crippen molar-refractivity contribution in [3.05, 3.63) is 41.8 Å². The second-order valence-corrected chi connectivity index (χ2v) is 8.77. The van der Waals surface area contributed by atoms with Gasteiger partial charge < -0.3 is 20.6 Å². The van der Waals surface area contributed by atoms with Gasteiger partial charge in [-0.15, -0.1) is 0 Å². The Balaban J connectivity index is 0.00000158. The zero-order valence-electron chi connectivity index (χ0n) is 18.7. The first kappa shape index (κ1) is 25.5. The van der Waals surface area contributed by atoms with E-state index in [4.69, 9.17) is 0 Å². The first-order valence-corrected chi connectivity index (χ1v) is 11.4. The van der Waals surface area contributed by atoms with E-state index >= 15 is 0 Å². The number of hydrogen-bond acceptors (Lipinski definition) is 7. The lowest BCUT2D eigenvalue weighted by molar-refractivity contribution is -0.110. The Labute approximate surface area is 198 Å². The zero-order chi connectivity index (χ0) is 25.0. The van der Waals surface area contributed by atoms with Gasteiger partial charge in [0.15, 0.2) is 0 Å². The molecule has 1 aromatic carbocycles. The number of thioether (sulfide) groups is 1. The van der Waals surface area contributed by atoms with E-state index in [1.54, 1.807) is 18.7 Å². The topological polar surface area (TPSA) is 112 Å². The number of ether oxygens (including phenoxy) is 1. The fourth-order valence-electron chi connectivity index (χ4n) is 3.38. The summed E-state index contributed by atoms with van der Waals surface area (Å²) in [7, 11) is 1.50. The van der Waals surface area contributed by atoms with E-state index in [-0.39, 0.29) is 39.5 Å². The van der Waals surface area contributed by atoms with Gasteiger partial charge in [0.05, 0.1) is 16.6 Å². The van der Waals surface area contributed by atoms with Gasteiger partial charge >= 0.3 is 6.61 Å². The van der Waals surface area contributed by atoms with Crippen LogP contribution in [0.4, 0.5) is 13.2 Å². The van der Waals surface area contributed by atoms with Gasteiger partial charge in [-0.1, -0.05) is 0 Å². The van der Waals surface area contributed by atoms with Crippen LogP contribution in [0.1, 0.15) is 30.2 Å². The number of rotatable bonds is 7. The molecule has 3 heterocycles. The van der Waals surface area contributed by atoms with Crippen molar-refractivity contribution in [3.63, 3.8) is 0 Å². The number of nitrogens with two attached hydrogens (primary N) is 1. The quantitative estimate of drug-likeness (QED) is 0.483. The molecule has 0 saturated carbocycles. The molecule has 1 atom stereocenters. The monoisotopic (exact) mass is 495 g/mol. The van der Waals surface area contributed by atoms with Crippen molar-refractivity contribution in [1.29, 1.82) is 0 Å². The maximum absolute atomic E-state index is 14.6. The molecule has 1 unspecified atom stereocenters. The number of halogens is 3. The van der Waals surface area contributed by atoms with Crippen LogP contribution in [0.2, 0.25) is 0 Å². The van der Waals surface area contributed by atoms with E-state index in [0.29, 0.717) is 11.8 Å². The highest BCUT2D eigenvalue weighted by molar-refractivity contribution is 8.00. The van der Waals surface area contributed by atoms with E-state index in [2.05, 4.69) is 25.9 Å². The molecule has 0 spiro atoms. The highest BCUT2D eigenvalue weighted by atomic mass is 32.2. The van der Waals surface area contributed by atoms with Crippen molar-refractivity contribution < 1.29 is 27.5 Å². The van der Waals surface area contributed by atoms with Gasteiger partial charge in [-0.05, 0) is 45.2 Å². The highest BCUT2D eigenvalue weighted by Gasteiger charge is 2.34.